The lowest BCUT2D eigenvalue weighted by atomic mass is 10.2. The van der Waals surface area contributed by atoms with E-state index >= 15 is 0 Å². The lowest BCUT2D eigenvalue weighted by Gasteiger charge is -2.27. The van der Waals surface area contributed by atoms with Gasteiger partial charge in [0, 0.05) is 32.3 Å². The van der Waals surface area contributed by atoms with Crippen molar-refractivity contribution in [1.82, 2.24) is 9.88 Å². The van der Waals surface area contributed by atoms with E-state index in [9.17, 15) is 4.79 Å². The Hall–Kier alpha value is -2.36. The van der Waals surface area contributed by atoms with E-state index in [1.807, 2.05) is 36.4 Å². The molecule has 2 aromatic carbocycles. The Balaban J connectivity index is 0.00000342. The molecule has 1 aliphatic heterocycles. The number of methoxy groups -OCH3 is 2. The van der Waals surface area contributed by atoms with Crippen molar-refractivity contribution in [3.05, 3.63) is 53.1 Å². The van der Waals surface area contributed by atoms with E-state index in [2.05, 4.69) is 4.90 Å². The second-order valence-electron chi connectivity index (χ2n) is 7.83. The van der Waals surface area contributed by atoms with Crippen molar-refractivity contribution in [1.29, 1.82) is 0 Å². The Morgan fingerprint density at radius 2 is 1.97 bits per heavy atom. The molecule has 0 atom stereocenters. The zero-order valence-corrected chi connectivity index (χ0v) is 22.1. The SMILES string of the molecule is COc1ccc(/C=C/C(=O)N(CCCN2CCOCC2)c2nc3c(Cl)cccc3s2)cc1OC.Cl. The molecule has 1 fully saturated rings. The maximum atomic E-state index is 13.3. The van der Waals surface area contributed by atoms with Gasteiger partial charge >= 0.3 is 0 Å². The monoisotopic (exact) mass is 537 g/mol. The predicted octanol–water partition coefficient (Wildman–Crippen LogP) is 5.16. The number of benzene rings is 2. The van der Waals surface area contributed by atoms with Crippen LogP contribution in [0.5, 0.6) is 11.5 Å². The Morgan fingerprint density at radius 1 is 1.20 bits per heavy atom. The molecule has 0 radical (unpaired) electrons. The fourth-order valence-electron chi connectivity index (χ4n) is 3.81. The molecular formula is C25H29Cl2N3O4S. The van der Waals surface area contributed by atoms with Crippen molar-refractivity contribution in [3.8, 4) is 11.5 Å². The van der Waals surface area contributed by atoms with E-state index in [-0.39, 0.29) is 18.3 Å². The van der Waals surface area contributed by atoms with E-state index in [4.69, 9.17) is 30.8 Å². The summed E-state index contributed by atoms with van der Waals surface area (Å²) in [6.07, 6.45) is 4.18. The molecule has 0 aliphatic carbocycles. The number of anilines is 1. The highest BCUT2D eigenvalue weighted by molar-refractivity contribution is 7.22. The summed E-state index contributed by atoms with van der Waals surface area (Å²) in [5.74, 6) is 1.12. The standard InChI is InChI=1S/C25H28ClN3O4S.ClH/c1-31-20-9-7-18(17-21(20)32-2)8-10-23(30)29(12-4-11-28-13-15-33-16-14-28)25-27-24-19(26)5-3-6-22(24)34-25;/h3,5-10,17H,4,11-16H2,1-2H3;1H/b10-8+;. The second-order valence-corrected chi connectivity index (χ2v) is 9.24. The minimum Gasteiger partial charge on any atom is -0.493 e. The molecule has 3 aromatic rings. The van der Waals surface area contributed by atoms with E-state index in [1.165, 1.54) is 11.3 Å². The quantitative estimate of drug-likeness (QED) is 0.351. The highest BCUT2D eigenvalue weighted by Gasteiger charge is 2.20. The third-order valence-corrected chi connectivity index (χ3v) is 6.99. The van der Waals surface area contributed by atoms with Crippen molar-refractivity contribution < 1.29 is 19.0 Å². The van der Waals surface area contributed by atoms with Gasteiger partial charge < -0.3 is 14.2 Å². The molecule has 188 valence electrons. The van der Waals surface area contributed by atoms with Gasteiger partial charge in [-0.05, 0) is 42.3 Å². The van der Waals surface area contributed by atoms with Crippen molar-refractivity contribution in [2.24, 2.45) is 0 Å². The number of aromatic nitrogens is 1. The summed E-state index contributed by atoms with van der Waals surface area (Å²) >= 11 is 7.81. The number of fused-ring (bicyclic) bond motifs is 1. The molecule has 1 aliphatic rings. The molecule has 4 rings (SSSR count). The number of carbonyl (C=O) groups excluding carboxylic acids is 1. The molecule has 0 spiro atoms. The maximum Gasteiger partial charge on any atom is 0.252 e. The van der Waals surface area contributed by atoms with Gasteiger partial charge in [-0.2, -0.15) is 0 Å². The summed E-state index contributed by atoms with van der Waals surface area (Å²) in [4.78, 5) is 22.1. The Morgan fingerprint density at radius 3 is 2.69 bits per heavy atom. The number of thiazole rings is 1. The third kappa shape index (κ3) is 6.86. The number of hydrogen-bond acceptors (Lipinski definition) is 7. The van der Waals surface area contributed by atoms with Crippen molar-refractivity contribution >= 4 is 62.7 Å². The van der Waals surface area contributed by atoms with Gasteiger partial charge in [0.25, 0.3) is 5.91 Å². The summed E-state index contributed by atoms with van der Waals surface area (Å²) in [5, 5.41) is 1.23. The number of hydrogen-bond donors (Lipinski definition) is 0. The average molecular weight is 538 g/mol. The number of ether oxygens (including phenoxy) is 3. The van der Waals surface area contributed by atoms with Crippen LogP contribution in [0.4, 0.5) is 5.13 Å². The van der Waals surface area contributed by atoms with Gasteiger partial charge in [-0.15, -0.1) is 12.4 Å². The van der Waals surface area contributed by atoms with Gasteiger partial charge in [0.1, 0.15) is 5.52 Å². The van der Waals surface area contributed by atoms with Crippen LogP contribution in [0.1, 0.15) is 12.0 Å². The maximum absolute atomic E-state index is 13.3. The fraction of sp³-hybridized carbons (Fsp3) is 0.360. The molecule has 1 aromatic heterocycles. The molecule has 1 saturated heterocycles. The van der Waals surface area contributed by atoms with Crippen LogP contribution in [0.25, 0.3) is 16.3 Å². The highest BCUT2D eigenvalue weighted by Crippen LogP contribution is 2.33. The number of amides is 1. The van der Waals surface area contributed by atoms with Crippen molar-refractivity contribution in [2.75, 3.05) is 58.5 Å². The lowest BCUT2D eigenvalue weighted by Crippen LogP contribution is -2.39. The molecule has 0 bridgehead atoms. The number of rotatable bonds is 9. The van der Waals surface area contributed by atoms with E-state index in [0.29, 0.717) is 28.2 Å². The van der Waals surface area contributed by atoms with Crippen LogP contribution in [-0.2, 0) is 9.53 Å². The van der Waals surface area contributed by atoms with Crippen LogP contribution in [0, 0.1) is 0 Å². The Bertz CT molecular complexity index is 1160. The van der Waals surface area contributed by atoms with Crippen LogP contribution in [-0.4, -0.2) is 69.4 Å². The molecule has 7 nitrogen and oxygen atoms in total. The zero-order chi connectivity index (χ0) is 23.9. The molecule has 1 amide bonds. The normalized spacial score (nSPS) is 14.1. The van der Waals surface area contributed by atoms with Gasteiger partial charge in [-0.1, -0.05) is 35.1 Å². The molecule has 0 N–H and O–H groups in total. The topological polar surface area (TPSA) is 64.1 Å². The lowest BCUT2D eigenvalue weighted by molar-refractivity contribution is -0.114. The molecule has 35 heavy (non-hydrogen) atoms. The molecule has 10 heteroatoms. The Labute approximate surface area is 220 Å². The highest BCUT2D eigenvalue weighted by atomic mass is 35.5. The van der Waals surface area contributed by atoms with E-state index in [0.717, 1.165) is 55.0 Å². The van der Waals surface area contributed by atoms with Gasteiger partial charge in [-0.25, -0.2) is 4.98 Å². The first-order valence-corrected chi connectivity index (χ1v) is 12.3. The number of para-hydroxylation sites is 1. The van der Waals surface area contributed by atoms with E-state index in [1.54, 1.807) is 31.3 Å². The average Bonchev–Trinajstić information content (AvgIpc) is 3.31. The van der Waals surface area contributed by atoms with Crippen LogP contribution < -0.4 is 14.4 Å². The summed E-state index contributed by atoms with van der Waals surface area (Å²) in [6.45, 7) is 4.82. The molecular weight excluding hydrogens is 509 g/mol. The molecule has 0 saturated carbocycles. The number of halogens is 2. The third-order valence-electron chi connectivity index (χ3n) is 5.64. The minimum absolute atomic E-state index is 0. The number of nitrogens with zero attached hydrogens (tertiary/aromatic N) is 3. The smallest absolute Gasteiger partial charge is 0.252 e. The second kappa shape index (κ2) is 13.1. The Kier molecular flexibility index (Phi) is 10.2. The van der Waals surface area contributed by atoms with Crippen LogP contribution in [0.3, 0.4) is 0 Å². The van der Waals surface area contributed by atoms with Gasteiger partial charge in [0.05, 0.1) is 37.2 Å². The summed E-state index contributed by atoms with van der Waals surface area (Å²) in [6, 6.07) is 11.2. The number of carbonyl (C=O) groups is 1. The first-order valence-electron chi connectivity index (χ1n) is 11.2. The summed E-state index contributed by atoms with van der Waals surface area (Å²) < 4.78 is 17.0. The van der Waals surface area contributed by atoms with Crippen LogP contribution >= 0.6 is 35.3 Å². The van der Waals surface area contributed by atoms with Crippen molar-refractivity contribution in [3.63, 3.8) is 0 Å². The van der Waals surface area contributed by atoms with E-state index < -0.39 is 0 Å². The van der Waals surface area contributed by atoms with Gasteiger partial charge in [0.15, 0.2) is 16.6 Å². The largest absolute Gasteiger partial charge is 0.493 e. The van der Waals surface area contributed by atoms with Crippen molar-refractivity contribution in [2.45, 2.75) is 6.42 Å². The zero-order valence-electron chi connectivity index (χ0n) is 19.7. The minimum atomic E-state index is -0.132. The van der Waals surface area contributed by atoms with Gasteiger partial charge in [0.2, 0.25) is 0 Å². The van der Waals surface area contributed by atoms with Crippen LogP contribution in [0.2, 0.25) is 5.02 Å². The number of morpholine rings is 1. The summed E-state index contributed by atoms with van der Waals surface area (Å²) in [7, 11) is 3.18. The first kappa shape index (κ1) is 27.2. The van der Waals surface area contributed by atoms with Crippen LogP contribution in [0.15, 0.2) is 42.5 Å². The summed E-state index contributed by atoms with van der Waals surface area (Å²) in [5.41, 5.74) is 1.56. The first-order chi connectivity index (χ1) is 16.6. The fourth-order valence-corrected chi connectivity index (χ4v) is 5.11. The molecule has 2 heterocycles. The predicted molar refractivity (Wildman–Crippen MR) is 145 cm³/mol. The molecule has 0 unspecified atom stereocenters. The van der Waals surface area contributed by atoms with Gasteiger partial charge in [-0.3, -0.25) is 14.6 Å².